The lowest BCUT2D eigenvalue weighted by molar-refractivity contribution is -0.126. The van der Waals surface area contributed by atoms with Gasteiger partial charge >= 0.3 is 0 Å². The Balaban J connectivity index is 1.64. The first-order chi connectivity index (χ1) is 12.7. The van der Waals surface area contributed by atoms with Crippen LogP contribution in [0, 0.1) is 3.57 Å². The van der Waals surface area contributed by atoms with Crippen LogP contribution in [-0.4, -0.2) is 25.2 Å². The van der Waals surface area contributed by atoms with E-state index in [0.717, 1.165) is 43.0 Å². The van der Waals surface area contributed by atoms with E-state index in [1.165, 1.54) is 3.57 Å². The van der Waals surface area contributed by atoms with Gasteiger partial charge in [0.2, 0.25) is 0 Å². The largest absolute Gasteiger partial charge is 0.493 e. The molecule has 0 bridgehead atoms. The number of fused-ring (bicyclic) bond motifs is 1. The normalized spacial score (nSPS) is 16.2. The first kappa shape index (κ1) is 19.0. The van der Waals surface area contributed by atoms with Gasteiger partial charge in [-0.3, -0.25) is 4.79 Å². The van der Waals surface area contributed by atoms with Crippen molar-refractivity contribution in [3.05, 3.63) is 52.1 Å². The molecule has 26 heavy (non-hydrogen) atoms. The Morgan fingerprint density at radius 2 is 1.88 bits per heavy atom. The van der Waals surface area contributed by atoms with Crippen molar-refractivity contribution in [2.45, 2.75) is 38.7 Å². The van der Waals surface area contributed by atoms with Gasteiger partial charge in [-0.1, -0.05) is 31.9 Å². The second-order valence-electron chi connectivity index (χ2n) is 6.36. The molecule has 2 aromatic carbocycles. The number of carbonyl (C=O) groups excluding carboxylic acids is 1. The number of nitrogens with zero attached hydrogens (tertiary/aromatic N) is 1. The number of hydrogen-bond acceptors (Lipinski definition) is 3. The summed E-state index contributed by atoms with van der Waals surface area (Å²) in [6.45, 7) is 3.35. The monoisotopic (exact) mass is 465 g/mol. The molecular formula is C21H24INO3. The quantitative estimate of drug-likeness (QED) is 0.405. The highest BCUT2D eigenvalue weighted by Gasteiger charge is 2.33. The number of anilines is 1. The molecule has 0 aliphatic carbocycles. The van der Waals surface area contributed by atoms with E-state index in [9.17, 15) is 4.79 Å². The van der Waals surface area contributed by atoms with Crippen LogP contribution in [0.3, 0.4) is 0 Å². The first-order valence-corrected chi connectivity index (χ1v) is 10.2. The molecule has 1 atom stereocenters. The van der Waals surface area contributed by atoms with Crippen molar-refractivity contribution in [3.8, 4) is 11.5 Å². The van der Waals surface area contributed by atoms with E-state index in [2.05, 4.69) is 29.5 Å². The molecule has 0 saturated carbocycles. The fourth-order valence-electron chi connectivity index (χ4n) is 3.02. The third kappa shape index (κ3) is 4.69. The minimum atomic E-state index is -0.490. The van der Waals surface area contributed by atoms with Crippen molar-refractivity contribution in [3.63, 3.8) is 0 Å². The Bertz CT molecular complexity index is 732. The SMILES string of the molecule is CCCCCN1C(=O)C(CCOc2ccc(I)cc2)Oc2ccccc21. The predicted molar refractivity (Wildman–Crippen MR) is 112 cm³/mol. The maximum atomic E-state index is 12.9. The number of para-hydroxylation sites is 2. The predicted octanol–water partition coefficient (Wildman–Crippen LogP) is 5.04. The fraction of sp³-hybridized carbons (Fsp3) is 0.381. The van der Waals surface area contributed by atoms with Gasteiger partial charge < -0.3 is 14.4 Å². The lowest BCUT2D eigenvalue weighted by Crippen LogP contribution is -2.46. The molecule has 1 aliphatic heterocycles. The van der Waals surface area contributed by atoms with Crippen LogP contribution < -0.4 is 14.4 Å². The molecule has 1 amide bonds. The van der Waals surface area contributed by atoms with E-state index >= 15 is 0 Å². The molecule has 2 aromatic rings. The van der Waals surface area contributed by atoms with Gasteiger partial charge in [0, 0.05) is 16.5 Å². The number of benzene rings is 2. The second kappa shape index (κ2) is 9.26. The Labute approximate surface area is 168 Å². The molecule has 0 fully saturated rings. The standard InChI is InChI=1S/C21H24INO3/c1-2-3-6-14-23-18-7-4-5-8-19(18)26-20(21(23)24)13-15-25-17-11-9-16(22)10-12-17/h4-5,7-12,20H,2-3,6,13-15H2,1H3. The van der Waals surface area contributed by atoms with Crippen molar-refractivity contribution < 1.29 is 14.3 Å². The van der Waals surface area contributed by atoms with Crippen LogP contribution in [0.5, 0.6) is 11.5 Å². The van der Waals surface area contributed by atoms with E-state index in [1.54, 1.807) is 0 Å². The molecule has 0 N–H and O–H groups in total. The van der Waals surface area contributed by atoms with Crippen LogP contribution in [0.1, 0.15) is 32.6 Å². The molecule has 5 heteroatoms. The third-order valence-corrected chi connectivity index (χ3v) is 5.13. The zero-order valence-electron chi connectivity index (χ0n) is 15.0. The highest BCUT2D eigenvalue weighted by molar-refractivity contribution is 14.1. The second-order valence-corrected chi connectivity index (χ2v) is 7.61. The van der Waals surface area contributed by atoms with Crippen molar-refractivity contribution in [2.75, 3.05) is 18.1 Å². The number of hydrogen-bond donors (Lipinski definition) is 0. The minimum Gasteiger partial charge on any atom is -0.493 e. The van der Waals surface area contributed by atoms with Gasteiger partial charge in [-0.25, -0.2) is 0 Å². The lowest BCUT2D eigenvalue weighted by Gasteiger charge is -2.34. The van der Waals surface area contributed by atoms with E-state index in [1.807, 2.05) is 53.4 Å². The number of halogens is 1. The van der Waals surface area contributed by atoms with Crippen molar-refractivity contribution >= 4 is 34.2 Å². The average molecular weight is 465 g/mol. The van der Waals surface area contributed by atoms with Crippen molar-refractivity contribution in [1.29, 1.82) is 0 Å². The summed E-state index contributed by atoms with van der Waals surface area (Å²) in [7, 11) is 0. The zero-order valence-corrected chi connectivity index (χ0v) is 17.1. The summed E-state index contributed by atoms with van der Waals surface area (Å²) in [5, 5.41) is 0. The van der Waals surface area contributed by atoms with Crippen LogP contribution in [0.25, 0.3) is 0 Å². The molecule has 3 rings (SSSR count). The van der Waals surface area contributed by atoms with E-state index < -0.39 is 6.10 Å². The molecule has 1 unspecified atom stereocenters. The average Bonchev–Trinajstić information content (AvgIpc) is 2.66. The lowest BCUT2D eigenvalue weighted by atomic mass is 10.1. The van der Waals surface area contributed by atoms with Gasteiger partial charge in [0.25, 0.3) is 5.91 Å². The fourth-order valence-corrected chi connectivity index (χ4v) is 3.38. The van der Waals surface area contributed by atoms with Crippen LogP contribution in [-0.2, 0) is 4.79 Å². The number of carbonyl (C=O) groups is 1. The highest BCUT2D eigenvalue weighted by atomic mass is 127. The molecule has 0 saturated heterocycles. The smallest absolute Gasteiger partial charge is 0.268 e. The highest BCUT2D eigenvalue weighted by Crippen LogP contribution is 2.34. The van der Waals surface area contributed by atoms with Crippen LogP contribution in [0.15, 0.2) is 48.5 Å². The van der Waals surface area contributed by atoms with Gasteiger partial charge in [-0.2, -0.15) is 0 Å². The Morgan fingerprint density at radius 1 is 1.12 bits per heavy atom. The molecule has 0 radical (unpaired) electrons. The summed E-state index contributed by atoms with van der Waals surface area (Å²) in [4.78, 5) is 14.8. The third-order valence-electron chi connectivity index (χ3n) is 4.41. The first-order valence-electron chi connectivity index (χ1n) is 9.14. The number of amides is 1. The van der Waals surface area contributed by atoms with Crippen LogP contribution >= 0.6 is 22.6 Å². The van der Waals surface area contributed by atoms with Crippen molar-refractivity contribution in [1.82, 2.24) is 0 Å². The minimum absolute atomic E-state index is 0.0333. The summed E-state index contributed by atoms with van der Waals surface area (Å²) in [5.41, 5.74) is 0.878. The Morgan fingerprint density at radius 3 is 2.65 bits per heavy atom. The summed E-state index contributed by atoms with van der Waals surface area (Å²) in [5.74, 6) is 1.63. The molecule has 0 spiro atoms. The van der Waals surface area contributed by atoms with E-state index in [0.29, 0.717) is 13.0 Å². The number of rotatable bonds is 8. The Hall–Kier alpha value is -1.76. The molecular weight excluding hydrogens is 441 g/mol. The van der Waals surface area contributed by atoms with E-state index in [-0.39, 0.29) is 5.91 Å². The van der Waals surface area contributed by atoms with Gasteiger partial charge in [0.15, 0.2) is 6.10 Å². The summed E-state index contributed by atoms with van der Waals surface area (Å²) < 4.78 is 12.9. The Kier molecular flexibility index (Phi) is 6.77. The molecule has 138 valence electrons. The van der Waals surface area contributed by atoms with Crippen molar-refractivity contribution in [2.24, 2.45) is 0 Å². The topological polar surface area (TPSA) is 38.8 Å². The number of ether oxygens (including phenoxy) is 2. The van der Waals surface area contributed by atoms with E-state index in [4.69, 9.17) is 9.47 Å². The summed E-state index contributed by atoms with van der Waals surface area (Å²) in [6.07, 6.45) is 3.29. The summed E-state index contributed by atoms with van der Waals surface area (Å²) >= 11 is 2.26. The van der Waals surface area contributed by atoms with Gasteiger partial charge in [-0.05, 0) is 65.4 Å². The van der Waals surface area contributed by atoms with Gasteiger partial charge in [0.05, 0.1) is 12.3 Å². The number of unbranched alkanes of at least 4 members (excludes halogenated alkanes) is 2. The molecule has 0 aromatic heterocycles. The molecule has 4 nitrogen and oxygen atoms in total. The molecule has 1 aliphatic rings. The van der Waals surface area contributed by atoms with Crippen LogP contribution in [0.2, 0.25) is 0 Å². The zero-order chi connectivity index (χ0) is 18.4. The van der Waals surface area contributed by atoms with Gasteiger partial charge in [-0.15, -0.1) is 0 Å². The van der Waals surface area contributed by atoms with Crippen LogP contribution in [0.4, 0.5) is 5.69 Å². The maximum absolute atomic E-state index is 12.9. The maximum Gasteiger partial charge on any atom is 0.268 e. The summed E-state index contributed by atoms with van der Waals surface area (Å²) in [6, 6.07) is 15.7. The van der Waals surface area contributed by atoms with Gasteiger partial charge in [0.1, 0.15) is 11.5 Å². The molecule has 1 heterocycles.